The molecule has 0 radical (unpaired) electrons. The van der Waals surface area contributed by atoms with Crippen LogP contribution in [0.2, 0.25) is 10.0 Å². The summed E-state index contributed by atoms with van der Waals surface area (Å²) < 4.78 is 46.3. The van der Waals surface area contributed by atoms with Gasteiger partial charge in [-0.3, -0.25) is 9.52 Å². The number of anilines is 2. The fraction of sp³-hybridized carbons (Fsp3) is 0.136. The molecule has 0 aromatic heterocycles. The Bertz CT molecular complexity index is 1180. The molecule has 0 bridgehead atoms. The van der Waals surface area contributed by atoms with Crippen LogP contribution in [-0.4, -0.2) is 20.4 Å². The van der Waals surface area contributed by atoms with E-state index in [4.69, 9.17) is 27.9 Å². The first-order chi connectivity index (χ1) is 15.2. The molecular weight excluding hydrogens is 478 g/mol. The summed E-state index contributed by atoms with van der Waals surface area (Å²) in [5, 5.41) is 3.27. The first kappa shape index (κ1) is 23.8. The van der Waals surface area contributed by atoms with Gasteiger partial charge in [-0.1, -0.05) is 30.1 Å². The van der Waals surface area contributed by atoms with Crippen LogP contribution in [0.4, 0.5) is 15.8 Å². The van der Waals surface area contributed by atoms with Gasteiger partial charge in [-0.2, -0.15) is 0 Å². The number of benzene rings is 3. The molecule has 0 saturated heterocycles. The topological polar surface area (TPSA) is 84.5 Å². The molecule has 3 rings (SSSR count). The van der Waals surface area contributed by atoms with Crippen LogP contribution in [0.3, 0.4) is 0 Å². The van der Waals surface area contributed by atoms with E-state index in [1.807, 2.05) is 0 Å². The molecule has 3 aromatic carbocycles. The predicted octanol–water partition coefficient (Wildman–Crippen LogP) is 5.73. The van der Waals surface area contributed by atoms with Gasteiger partial charge in [-0.25, -0.2) is 12.8 Å². The minimum absolute atomic E-state index is 0.0128. The summed E-state index contributed by atoms with van der Waals surface area (Å²) in [7, 11) is -3.89. The van der Waals surface area contributed by atoms with Crippen molar-refractivity contribution in [3.05, 3.63) is 82.6 Å². The second kappa shape index (κ2) is 10.2. The number of amides is 1. The van der Waals surface area contributed by atoms with Crippen LogP contribution in [0.15, 0.2) is 71.6 Å². The summed E-state index contributed by atoms with van der Waals surface area (Å²) in [6, 6.07) is 15.3. The molecule has 32 heavy (non-hydrogen) atoms. The van der Waals surface area contributed by atoms with Crippen LogP contribution >= 0.6 is 23.2 Å². The highest BCUT2D eigenvalue weighted by molar-refractivity contribution is 7.92. The molecule has 3 aromatic rings. The maximum absolute atomic E-state index is 13.0. The van der Waals surface area contributed by atoms with Gasteiger partial charge in [0.1, 0.15) is 11.6 Å². The summed E-state index contributed by atoms with van der Waals surface area (Å²) in [5.41, 5.74) is 0.615. The van der Waals surface area contributed by atoms with E-state index in [1.54, 1.807) is 6.92 Å². The van der Waals surface area contributed by atoms with Crippen LogP contribution in [0.25, 0.3) is 0 Å². The van der Waals surface area contributed by atoms with Crippen molar-refractivity contribution < 1.29 is 22.3 Å². The zero-order valence-corrected chi connectivity index (χ0v) is 19.1. The summed E-state index contributed by atoms with van der Waals surface area (Å²) in [6.45, 7) is 1.78. The normalized spacial score (nSPS) is 12.1. The minimum Gasteiger partial charge on any atom is -0.481 e. The van der Waals surface area contributed by atoms with Gasteiger partial charge in [0, 0.05) is 15.7 Å². The lowest BCUT2D eigenvalue weighted by molar-refractivity contribution is -0.122. The molecule has 0 aliphatic heterocycles. The molecular formula is C22H19Cl2FN2O4S. The van der Waals surface area contributed by atoms with Crippen molar-refractivity contribution in [2.75, 3.05) is 10.0 Å². The fourth-order valence-electron chi connectivity index (χ4n) is 2.77. The first-order valence-corrected chi connectivity index (χ1v) is 11.7. The Kier molecular flexibility index (Phi) is 7.60. The number of rotatable bonds is 8. The highest BCUT2D eigenvalue weighted by atomic mass is 35.5. The van der Waals surface area contributed by atoms with Crippen LogP contribution in [0.1, 0.15) is 13.3 Å². The van der Waals surface area contributed by atoms with E-state index < -0.39 is 27.9 Å². The van der Waals surface area contributed by atoms with Gasteiger partial charge in [-0.05, 0) is 73.2 Å². The lowest BCUT2D eigenvalue weighted by Gasteiger charge is -2.17. The van der Waals surface area contributed by atoms with Crippen molar-refractivity contribution in [2.45, 2.75) is 24.3 Å². The quantitative estimate of drug-likeness (QED) is 0.417. The van der Waals surface area contributed by atoms with E-state index in [1.165, 1.54) is 66.7 Å². The third-order valence-electron chi connectivity index (χ3n) is 4.30. The number of halogens is 3. The lowest BCUT2D eigenvalue weighted by Crippen LogP contribution is -2.32. The second-order valence-electron chi connectivity index (χ2n) is 6.75. The average Bonchev–Trinajstić information content (AvgIpc) is 2.72. The second-order valence-corrected chi connectivity index (χ2v) is 9.30. The zero-order chi connectivity index (χ0) is 23.3. The Balaban J connectivity index is 1.67. The summed E-state index contributed by atoms with van der Waals surface area (Å²) in [4.78, 5) is 12.5. The smallest absolute Gasteiger partial charge is 0.265 e. The highest BCUT2D eigenvalue weighted by Crippen LogP contribution is 2.25. The number of hydrogen-bond donors (Lipinski definition) is 2. The van der Waals surface area contributed by atoms with Crippen molar-refractivity contribution in [1.29, 1.82) is 0 Å². The van der Waals surface area contributed by atoms with Crippen molar-refractivity contribution in [3.63, 3.8) is 0 Å². The van der Waals surface area contributed by atoms with E-state index in [9.17, 15) is 17.6 Å². The summed E-state index contributed by atoms with van der Waals surface area (Å²) >= 11 is 11.8. The SMILES string of the molecule is CC[C@H](Oc1ccc(F)cc1)C(=O)Nc1ccc(S(=O)(=O)Nc2cc(Cl)cc(Cl)c2)cc1. The van der Waals surface area contributed by atoms with Crippen LogP contribution in [0.5, 0.6) is 5.75 Å². The third kappa shape index (κ3) is 6.35. The molecule has 0 heterocycles. The van der Waals surface area contributed by atoms with Gasteiger partial charge >= 0.3 is 0 Å². The number of nitrogens with one attached hydrogen (secondary N) is 2. The van der Waals surface area contributed by atoms with Gasteiger partial charge < -0.3 is 10.1 Å². The molecule has 0 saturated carbocycles. The first-order valence-electron chi connectivity index (χ1n) is 9.48. The number of sulfonamides is 1. The van der Waals surface area contributed by atoms with E-state index in [0.29, 0.717) is 27.9 Å². The number of carbonyl (C=O) groups is 1. The summed E-state index contributed by atoms with van der Waals surface area (Å²) in [6.07, 6.45) is -0.431. The molecule has 6 nitrogen and oxygen atoms in total. The summed E-state index contributed by atoms with van der Waals surface area (Å²) in [5.74, 6) is -0.459. The molecule has 0 unspecified atom stereocenters. The molecule has 0 fully saturated rings. The molecule has 1 atom stereocenters. The van der Waals surface area contributed by atoms with Crippen molar-refractivity contribution in [3.8, 4) is 5.75 Å². The van der Waals surface area contributed by atoms with E-state index in [0.717, 1.165) is 0 Å². The van der Waals surface area contributed by atoms with Crippen molar-refractivity contribution >= 4 is 50.5 Å². The fourth-order valence-corrected chi connectivity index (χ4v) is 4.33. The number of ether oxygens (including phenoxy) is 1. The zero-order valence-electron chi connectivity index (χ0n) is 16.8. The Morgan fingerprint density at radius 3 is 2.12 bits per heavy atom. The molecule has 2 N–H and O–H groups in total. The van der Waals surface area contributed by atoms with Gasteiger partial charge in [-0.15, -0.1) is 0 Å². The Labute approximate surface area is 195 Å². The van der Waals surface area contributed by atoms with E-state index in [-0.39, 0.29) is 10.6 Å². The molecule has 0 aliphatic carbocycles. The number of hydrogen-bond acceptors (Lipinski definition) is 4. The maximum Gasteiger partial charge on any atom is 0.265 e. The van der Waals surface area contributed by atoms with E-state index >= 15 is 0 Å². The van der Waals surface area contributed by atoms with Crippen LogP contribution in [-0.2, 0) is 14.8 Å². The standard InChI is InChI=1S/C22H19Cl2FN2O4S/c1-2-21(31-19-7-3-16(25)4-8-19)22(28)26-17-5-9-20(10-6-17)32(29,30)27-18-12-14(23)11-15(24)13-18/h3-13,21,27H,2H2,1H3,(H,26,28)/t21-/m0/s1. The van der Waals surface area contributed by atoms with Gasteiger partial charge in [0.15, 0.2) is 6.10 Å². The molecule has 168 valence electrons. The van der Waals surface area contributed by atoms with Crippen molar-refractivity contribution in [2.24, 2.45) is 0 Å². The van der Waals surface area contributed by atoms with Gasteiger partial charge in [0.25, 0.3) is 15.9 Å². The van der Waals surface area contributed by atoms with Gasteiger partial charge in [0.2, 0.25) is 0 Å². The lowest BCUT2D eigenvalue weighted by atomic mass is 10.2. The monoisotopic (exact) mass is 496 g/mol. The largest absolute Gasteiger partial charge is 0.481 e. The molecule has 0 aliphatic rings. The molecule has 0 spiro atoms. The minimum atomic E-state index is -3.89. The maximum atomic E-state index is 13.0. The van der Waals surface area contributed by atoms with Crippen LogP contribution < -0.4 is 14.8 Å². The Hall–Kier alpha value is -2.81. The van der Waals surface area contributed by atoms with Crippen molar-refractivity contribution in [1.82, 2.24) is 0 Å². The predicted molar refractivity (Wildman–Crippen MR) is 123 cm³/mol. The average molecular weight is 497 g/mol. The number of carbonyl (C=O) groups excluding carboxylic acids is 1. The molecule has 10 heteroatoms. The van der Waals surface area contributed by atoms with Gasteiger partial charge in [0.05, 0.1) is 10.6 Å². The van der Waals surface area contributed by atoms with Crippen LogP contribution in [0, 0.1) is 5.82 Å². The molecule has 1 amide bonds. The Morgan fingerprint density at radius 2 is 1.56 bits per heavy atom. The highest BCUT2D eigenvalue weighted by Gasteiger charge is 2.20. The Morgan fingerprint density at radius 1 is 0.969 bits per heavy atom. The third-order valence-corrected chi connectivity index (χ3v) is 6.14. The van der Waals surface area contributed by atoms with E-state index in [2.05, 4.69) is 10.0 Å².